The number of amides is 3. The Hall–Kier alpha value is -7.02. The van der Waals surface area contributed by atoms with Crippen molar-refractivity contribution in [3.8, 4) is 29.9 Å². The number of sulfonamides is 1. The van der Waals surface area contributed by atoms with Gasteiger partial charge in [-0.15, -0.1) is 6.42 Å². The number of urea groups is 1. The van der Waals surface area contributed by atoms with Gasteiger partial charge in [0.1, 0.15) is 39.2 Å². The van der Waals surface area contributed by atoms with E-state index in [1.807, 2.05) is 27.2 Å². The Morgan fingerprint density at radius 3 is 2.60 bits per heavy atom. The number of aromatic carboxylic acids is 1. The maximum absolute atomic E-state index is 14.5. The van der Waals surface area contributed by atoms with Crippen LogP contribution in [-0.4, -0.2) is 98.3 Å². The van der Waals surface area contributed by atoms with Gasteiger partial charge in [0.25, 0.3) is 15.9 Å². The smallest absolute Gasteiger partial charge is 0.341 e. The molecule has 4 N–H and O–H groups in total. The lowest BCUT2D eigenvalue weighted by molar-refractivity contribution is -0.139. The number of carbonyl (C=O) groups is 4. The molecule has 0 spiro atoms. The number of aliphatic carboxylic acids is 1. The maximum Gasteiger partial charge on any atom is 0.341 e. The molecule has 8 rings (SSSR count). The first-order valence-corrected chi connectivity index (χ1v) is 23.2. The first kappa shape index (κ1) is 50.4. The zero-order chi connectivity index (χ0) is 49.5. The van der Waals surface area contributed by atoms with Crippen molar-refractivity contribution in [1.82, 2.24) is 33.6 Å². The molecule has 0 atom stereocenters. The van der Waals surface area contributed by atoms with Crippen LogP contribution in [0.2, 0.25) is 5.02 Å². The summed E-state index contributed by atoms with van der Waals surface area (Å²) in [4.78, 5) is 67.1. The first-order chi connectivity index (χ1) is 32.2. The summed E-state index contributed by atoms with van der Waals surface area (Å²) in [6.45, 7) is 6.18. The van der Waals surface area contributed by atoms with Crippen LogP contribution in [0.5, 0.6) is 17.5 Å². The predicted octanol–water partition coefficient (Wildman–Crippen LogP) is 5.61. The molecule has 2 aliphatic rings. The van der Waals surface area contributed by atoms with Gasteiger partial charge in [0.05, 0.1) is 29.9 Å². The van der Waals surface area contributed by atoms with E-state index in [4.69, 9.17) is 42.4 Å². The van der Waals surface area contributed by atoms with Crippen LogP contribution in [0.25, 0.3) is 10.9 Å². The number of aryl methyl sites for hydroxylation is 1. The van der Waals surface area contributed by atoms with Crippen molar-refractivity contribution in [2.75, 3.05) is 37.1 Å². The highest BCUT2D eigenvalue weighted by molar-refractivity contribution is 14.1. The van der Waals surface area contributed by atoms with Gasteiger partial charge in [0, 0.05) is 45.7 Å². The number of anilines is 2. The lowest BCUT2D eigenvalue weighted by atomic mass is 9.92. The molecule has 3 aromatic carbocycles. The zero-order valence-electron chi connectivity index (χ0n) is 36.0. The summed E-state index contributed by atoms with van der Waals surface area (Å²) in [7, 11) is -3.14. The first-order valence-electron chi connectivity index (χ1n) is 19.5. The fraction of sp³-hybridized carbons (Fsp3) is 0.238. The Morgan fingerprint density at radius 1 is 1.13 bits per heavy atom. The molecule has 0 radical (unpaired) electrons. The van der Waals surface area contributed by atoms with Crippen LogP contribution in [0.15, 0.2) is 70.7 Å². The molecule has 0 bridgehead atoms. The minimum atomic E-state index is -4.45. The van der Waals surface area contributed by atoms with Crippen LogP contribution in [0.3, 0.4) is 0 Å². The molecule has 0 unspecified atom stereocenters. The lowest BCUT2D eigenvalue weighted by Gasteiger charge is -2.28. The van der Waals surface area contributed by atoms with Crippen molar-refractivity contribution in [1.29, 1.82) is 0 Å². The number of carbonyl (C=O) groups excluding carboxylic acids is 2. The maximum atomic E-state index is 14.5. The summed E-state index contributed by atoms with van der Waals surface area (Å²) in [6, 6.07) is 12.0. The molecule has 6 aromatic rings. The van der Waals surface area contributed by atoms with Crippen LogP contribution in [0.1, 0.15) is 35.9 Å². The normalized spacial score (nSPS) is 13.6. The van der Waals surface area contributed by atoms with E-state index >= 15 is 0 Å². The van der Waals surface area contributed by atoms with Gasteiger partial charge >= 0.3 is 24.0 Å². The highest BCUT2D eigenvalue weighted by atomic mass is 127. The van der Waals surface area contributed by atoms with E-state index in [1.54, 1.807) is 35.2 Å². The molecule has 3 amide bonds. The second-order valence-electron chi connectivity index (χ2n) is 15.0. The number of carboxylic acid groups (broad SMARTS) is 2. The van der Waals surface area contributed by atoms with Gasteiger partial charge < -0.3 is 29.0 Å². The van der Waals surface area contributed by atoms with Crippen molar-refractivity contribution in [2.24, 2.45) is 10.4 Å². The van der Waals surface area contributed by atoms with E-state index < -0.39 is 50.9 Å². The molecule has 354 valence electrons. The summed E-state index contributed by atoms with van der Waals surface area (Å²) in [5.74, 6) is 0.871. The predicted molar refractivity (Wildman–Crippen MR) is 252 cm³/mol. The fourth-order valence-electron chi connectivity index (χ4n) is 6.42. The number of halogens is 3. The quantitative estimate of drug-likeness (QED) is 0.0958. The molecule has 68 heavy (non-hydrogen) atoms. The second-order valence-corrected chi connectivity index (χ2v) is 19.0. The lowest BCUT2D eigenvalue weighted by Crippen LogP contribution is -2.39. The Balaban J connectivity index is 0.000000173. The average Bonchev–Trinajstić information content (AvgIpc) is 3.79. The van der Waals surface area contributed by atoms with Gasteiger partial charge in [-0.05, 0) is 83.5 Å². The minimum Gasteiger partial charge on any atom is -0.481 e. The number of hydrogen-bond acceptors (Lipinski definition) is 16. The van der Waals surface area contributed by atoms with Gasteiger partial charge in [0.15, 0.2) is 19.0 Å². The largest absolute Gasteiger partial charge is 0.481 e. The monoisotopic (exact) mass is 1100 g/mol. The summed E-state index contributed by atoms with van der Waals surface area (Å²) < 4.78 is 63.2. The standard InChI is InChI=1S/C18H17FN4O2S.C13H12IN5O6S.C11H8ClNO3/c1-4-5-22-13-7-12(11(19)6-14(13)25-9-16(22)24)20-17-23-10-18(2,3)8-15(23)21-26-17;1-6-15-11(18-13(16-6)25-2)17-12(22)19-26(23,24)9-5-7(14)3-4-8(9)10(20)21;12-8-3-4-9(16-6-10(14)15)11-7(8)2-1-5-13-11/h1,6-7H,5,8-10H2,2-3H3;3-5H,1-2H3,(H,20,21)(H2,15,16,17,18,19,22);1-5H,6H2,(H,14,15)/b20-17-;;. The summed E-state index contributed by atoms with van der Waals surface area (Å²) >= 11 is 9.04. The Bertz CT molecular complexity index is 3200. The summed E-state index contributed by atoms with van der Waals surface area (Å²) in [5.41, 5.74) is 0.775. The second kappa shape index (κ2) is 21.3. The minimum absolute atomic E-state index is 0.0681. The molecule has 0 fully saturated rings. The van der Waals surface area contributed by atoms with Crippen molar-refractivity contribution < 1.29 is 56.4 Å². The van der Waals surface area contributed by atoms with Crippen LogP contribution in [0.4, 0.5) is 26.5 Å². The molecular weight excluding hydrogens is 1070 g/mol. The fourth-order valence-corrected chi connectivity index (χ4v) is 9.23. The van der Waals surface area contributed by atoms with Crippen LogP contribution < -0.4 is 34.0 Å². The van der Waals surface area contributed by atoms with Crippen LogP contribution in [0, 0.1) is 34.1 Å². The number of aromatic nitrogens is 6. The molecule has 2 aliphatic heterocycles. The van der Waals surface area contributed by atoms with E-state index in [0.29, 0.717) is 36.1 Å². The van der Waals surface area contributed by atoms with Crippen molar-refractivity contribution in [2.45, 2.75) is 38.6 Å². The van der Waals surface area contributed by atoms with Crippen molar-refractivity contribution in [3.63, 3.8) is 0 Å². The number of benzene rings is 3. The third-order valence-corrected chi connectivity index (χ3v) is 12.4. The van der Waals surface area contributed by atoms with Gasteiger partial charge in [-0.2, -0.15) is 19.3 Å². The molecule has 21 nitrogen and oxygen atoms in total. The molecule has 0 aliphatic carbocycles. The Labute approximate surface area is 408 Å². The van der Waals surface area contributed by atoms with Crippen molar-refractivity contribution >= 4 is 108 Å². The molecule has 0 saturated carbocycles. The van der Waals surface area contributed by atoms with Gasteiger partial charge in [-0.3, -0.25) is 20.0 Å². The van der Waals surface area contributed by atoms with E-state index in [9.17, 15) is 32.0 Å². The van der Waals surface area contributed by atoms with E-state index in [0.717, 1.165) is 36.3 Å². The van der Waals surface area contributed by atoms with Crippen molar-refractivity contribution in [3.05, 3.63) is 97.2 Å². The highest BCUT2D eigenvalue weighted by Crippen LogP contribution is 2.38. The van der Waals surface area contributed by atoms with Gasteiger partial charge in [0.2, 0.25) is 10.7 Å². The number of carboxylic acids is 2. The van der Waals surface area contributed by atoms with E-state index in [1.165, 1.54) is 48.7 Å². The highest BCUT2D eigenvalue weighted by Gasteiger charge is 2.32. The van der Waals surface area contributed by atoms with Crippen LogP contribution in [-0.2, 0) is 32.6 Å². The van der Waals surface area contributed by atoms with E-state index in [-0.39, 0.29) is 47.9 Å². The van der Waals surface area contributed by atoms with Gasteiger partial charge in [-0.1, -0.05) is 31.4 Å². The Morgan fingerprint density at radius 2 is 1.90 bits per heavy atom. The number of ether oxygens (including phenoxy) is 3. The SMILES string of the molecule is C#CCN1C(=O)COc2cc(F)c(/N=c3\snc4n3CC(C)(C)C4)cc21.COc1nc(C)nc(NC(=O)NS(=O)(=O)c2cc(I)ccc2C(=O)O)n1.O=C(O)COc1ccc(Cl)c2cccnc12. The number of methoxy groups -OCH3 is 1. The molecule has 0 saturated heterocycles. The number of fused-ring (bicyclic) bond motifs is 3. The zero-order valence-corrected chi connectivity index (χ0v) is 40.5. The molecule has 3 aromatic heterocycles. The third-order valence-electron chi connectivity index (χ3n) is 9.29. The number of hydrogen-bond donors (Lipinski definition) is 4. The van der Waals surface area contributed by atoms with E-state index in [2.05, 4.69) is 54.4 Å². The number of nitrogens with zero attached hydrogens (tertiary/aromatic N) is 8. The molecule has 26 heteroatoms. The molecule has 5 heterocycles. The van der Waals surface area contributed by atoms with Gasteiger partial charge in [-0.25, -0.2) is 36.9 Å². The topological polar surface area (TPSA) is 280 Å². The summed E-state index contributed by atoms with van der Waals surface area (Å²) in [5, 5.41) is 21.1. The summed E-state index contributed by atoms with van der Waals surface area (Å²) in [6.07, 6.45) is 7.82. The number of rotatable bonds is 10. The van der Waals surface area contributed by atoms with Crippen LogP contribution >= 0.6 is 45.7 Å². The number of pyridine rings is 1. The number of terminal acetylenes is 1. The average molecular weight is 1100 g/mol. The number of nitrogens with one attached hydrogen (secondary N) is 2. The third kappa shape index (κ3) is 12.3. The Kier molecular flexibility index (Phi) is 15.8. The molecular formula is C42H37ClFIN10O11S2.